The van der Waals surface area contributed by atoms with Crippen LogP contribution in [-0.4, -0.2) is 32.4 Å². The molecule has 1 N–H and O–H groups in total. The van der Waals surface area contributed by atoms with Crippen LogP contribution in [0.25, 0.3) is 11.4 Å². The number of ether oxygens (including phenoxy) is 1. The molecular formula is C20H23N3O2. The second-order valence-electron chi connectivity index (χ2n) is 6.30. The molecule has 25 heavy (non-hydrogen) atoms. The van der Waals surface area contributed by atoms with Crippen LogP contribution >= 0.6 is 0 Å². The molecule has 0 bridgehead atoms. The summed E-state index contributed by atoms with van der Waals surface area (Å²) in [7, 11) is 0. The number of imidazole rings is 1. The van der Waals surface area contributed by atoms with Gasteiger partial charge in [0.15, 0.2) is 0 Å². The summed E-state index contributed by atoms with van der Waals surface area (Å²) in [4.78, 5) is 8.40. The van der Waals surface area contributed by atoms with Crippen LogP contribution in [-0.2, 0) is 6.54 Å². The zero-order valence-electron chi connectivity index (χ0n) is 14.5. The first-order valence-electron chi connectivity index (χ1n) is 8.46. The summed E-state index contributed by atoms with van der Waals surface area (Å²) in [6.45, 7) is 4.91. The monoisotopic (exact) mass is 337 g/mol. The molecule has 0 saturated carbocycles. The molecule has 0 spiro atoms. The predicted octanol–water partition coefficient (Wildman–Crippen LogP) is 3.51. The minimum absolute atomic E-state index is 0.234. The van der Waals surface area contributed by atoms with E-state index >= 15 is 0 Å². The summed E-state index contributed by atoms with van der Waals surface area (Å²) in [5.74, 6) is 2.01. The fourth-order valence-electron chi connectivity index (χ4n) is 2.77. The largest absolute Gasteiger partial charge is 0.491 e. The minimum atomic E-state index is -0.630. The minimum Gasteiger partial charge on any atom is -0.491 e. The number of rotatable bonds is 7. The fraction of sp³-hybridized carbons (Fsp3) is 0.300. The van der Waals surface area contributed by atoms with Gasteiger partial charge in [0.1, 0.15) is 24.3 Å². The third kappa shape index (κ3) is 4.25. The number of pyridine rings is 1. The van der Waals surface area contributed by atoms with Gasteiger partial charge in [-0.2, -0.15) is 0 Å². The van der Waals surface area contributed by atoms with E-state index in [1.165, 1.54) is 0 Å². The molecule has 2 heterocycles. The summed E-state index contributed by atoms with van der Waals surface area (Å²) in [5.41, 5.74) is 2.12. The molecule has 1 aromatic carbocycles. The first-order valence-corrected chi connectivity index (χ1v) is 8.46. The van der Waals surface area contributed by atoms with Gasteiger partial charge < -0.3 is 14.4 Å². The molecule has 5 nitrogen and oxygen atoms in total. The predicted molar refractivity (Wildman–Crippen MR) is 97.5 cm³/mol. The van der Waals surface area contributed by atoms with Crippen molar-refractivity contribution < 1.29 is 9.84 Å². The van der Waals surface area contributed by atoms with Gasteiger partial charge >= 0.3 is 0 Å². The molecule has 5 heteroatoms. The Bertz CT molecular complexity index is 799. The zero-order valence-corrected chi connectivity index (χ0v) is 14.5. The zero-order chi connectivity index (χ0) is 17.6. The summed E-state index contributed by atoms with van der Waals surface area (Å²) in [6, 6.07) is 11.8. The van der Waals surface area contributed by atoms with E-state index in [0.29, 0.717) is 12.5 Å². The molecule has 3 aromatic rings. The molecule has 0 fully saturated rings. The standard InChI is InChI=1S/C20H23N3O2/c1-15(2)18-5-3-4-6-19(18)25-14-17(24)13-23-12-11-22-20(23)16-7-9-21-10-8-16/h3-12,15,17,24H,13-14H2,1-2H3. The van der Waals surface area contributed by atoms with Gasteiger partial charge in [-0.3, -0.25) is 4.98 Å². The van der Waals surface area contributed by atoms with E-state index in [0.717, 1.165) is 22.7 Å². The summed E-state index contributed by atoms with van der Waals surface area (Å²) in [5, 5.41) is 10.4. The molecule has 0 saturated heterocycles. The van der Waals surface area contributed by atoms with Gasteiger partial charge in [-0.15, -0.1) is 0 Å². The second kappa shape index (κ2) is 7.94. The molecule has 0 aliphatic rings. The molecule has 130 valence electrons. The second-order valence-corrected chi connectivity index (χ2v) is 6.30. The first-order chi connectivity index (χ1) is 12.1. The quantitative estimate of drug-likeness (QED) is 0.717. The molecule has 0 aliphatic carbocycles. The van der Waals surface area contributed by atoms with E-state index in [-0.39, 0.29) is 6.61 Å². The number of hydrogen-bond donors (Lipinski definition) is 1. The van der Waals surface area contributed by atoms with Crippen molar-refractivity contribution in [3.05, 3.63) is 66.7 Å². The third-order valence-corrected chi connectivity index (χ3v) is 4.03. The van der Waals surface area contributed by atoms with Gasteiger partial charge in [0.05, 0.1) is 6.54 Å². The molecule has 0 aliphatic heterocycles. The van der Waals surface area contributed by atoms with Gasteiger partial charge in [-0.1, -0.05) is 32.0 Å². The number of para-hydroxylation sites is 1. The lowest BCUT2D eigenvalue weighted by atomic mass is 10.0. The number of aliphatic hydroxyl groups is 1. The summed E-state index contributed by atoms with van der Waals surface area (Å²) in [6.07, 6.45) is 6.43. The maximum absolute atomic E-state index is 10.4. The lowest BCUT2D eigenvalue weighted by molar-refractivity contribution is 0.0922. The summed E-state index contributed by atoms with van der Waals surface area (Å²) >= 11 is 0. The van der Waals surface area contributed by atoms with Crippen molar-refractivity contribution in [1.29, 1.82) is 0 Å². The van der Waals surface area contributed by atoms with Crippen LogP contribution in [0.1, 0.15) is 25.3 Å². The van der Waals surface area contributed by atoms with Crippen LogP contribution in [0.4, 0.5) is 0 Å². The Morgan fingerprint density at radius 3 is 2.60 bits per heavy atom. The highest BCUT2D eigenvalue weighted by Crippen LogP contribution is 2.26. The highest BCUT2D eigenvalue weighted by Gasteiger charge is 2.13. The summed E-state index contributed by atoms with van der Waals surface area (Å²) < 4.78 is 7.79. The van der Waals surface area contributed by atoms with E-state index in [1.54, 1.807) is 18.6 Å². The van der Waals surface area contributed by atoms with E-state index in [4.69, 9.17) is 4.74 Å². The van der Waals surface area contributed by atoms with Crippen molar-refractivity contribution in [2.45, 2.75) is 32.4 Å². The topological polar surface area (TPSA) is 60.2 Å². The SMILES string of the molecule is CC(C)c1ccccc1OCC(O)Cn1ccnc1-c1ccncc1. The van der Waals surface area contributed by atoms with Crippen molar-refractivity contribution in [2.75, 3.05) is 6.61 Å². The van der Waals surface area contributed by atoms with Gasteiger partial charge in [0.25, 0.3) is 0 Å². The van der Waals surface area contributed by atoms with Gasteiger partial charge in [-0.25, -0.2) is 4.98 Å². The van der Waals surface area contributed by atoms with Crippen LogP contribution in [0.2, 0.25) is 0 Å². The van der Waals surface area contributed by atoms with E-state index in [2.05, 4.69) is 29.9 Å². The Balaban J connectivity index is 1.65. The molecule has 1 unspecified atom stereocenters. The molecular weight excluding hydrogens is 314 g/mol. The first kappa shape index (κ1) is 17.2. The normalized spacial score (nSPS) is 12.3. The van der Waals surface area contributed by atoms with Gasteiger partial charge in [0.2, 0.25) is 0 Å². The van der Waals surface area contributed by atoms with E-state index < -0.39 is 6.10 Å². The van der Waals surface area contributed by atoms with E-state index in [1.807, 2.05) is 41.1 Å². The van der Waals surface area contributed by atoms with Crippen LogP contribution in [0, 0.1) is 0 Å². The highest BCUT2D eigenvalue weighted by atomic mass is 16.5. The van der Waals surface area contributed by atoms with Crippen molar-refractivity contribution in [2.24, 2.45) is 0 Å². The third-order valence-electron chi connectivity index (χ3n) is 4.03. The Morgan fingerprint density at radius 2 is 1.84 bits per heavy atom. The van der Waals surface area contributed by atoms with Crippen LogP contribution in [0.5, 0.6) is 5.75 Å². The molecule has 3 rings (SSSR count). The van der Waals surface area contributed by atoms with Crippen molar-refractivity contribution in [3.8, 4) is 17.1 Å². The average Bonchev–Trinajstić information content (AvgIpc) is 3.09. The van der Waals surface area contributed by atoms with Crippen molar-refractivity contribution in [3.63, 3.8) is 0 Å². The maximum atomic E-state index is 10.4. The lowest BCUT2D eigenvalue weighted by Crippen LogP contribution is -2.24. The number of aromatic nitrogens is 3. The molecule has 1 atom stereocenters. The fourth-order valence-corrected chi connectivity index (χ4v) is 2.77. The average molecular weight is 337 g/mol. The molecule has 0 radical (unpaired) electrons. The van der Waals surface area contributed by atoms with Crippen molar-refractivity contribution in [1.82, 2.24) is 14.5 Å². The van der Waals surface area contributed by atoms with Crippen LogP contribution in [0.3, 0.4) is 0 Å². The number of nitrogens with zero attached hydrogens (tertiary/aromatic N) is 3. The highest BCUT2D eigenvalue weighted by molar-refractivity contribution is 5.54. The Hall–Kier alpha value is -2.66. The molecule has 2 aromatic heterocycles. The Morgan fingerprint density at radius 1 is 1.08 bits per heavy atom. The number of benzene rings is 1. The van der Waals surface area contributed by atoms with Crippen molar-refractivity contribution >= 4 is 0 Å². The van der Waals surface area contributed by atoms with E-state index in [9.17, 15) is 5.11 Å². The molecule has 0 amide bonds. The Labute approximate surface area is 148 Å². The van der Waals surface area contributed by atoms with Crippen LogP contribution < -0.4 is 4.74 Å². The Kier molecular flexibility index (Phi) is 5.46. The van der Waals surface area contributed by atoms with Crippen LogP contribution in [0.15, 0.2) is 61.2 Å². The number of hydrogen-bond acceptors (Lipinski definition) is 4. The van der Waals surface area contributed by atoms with Gasteiger partial charge in [0, 0.05) is 30.4 Å². The maximum Gasteiger partial charge on any atom is 0.140 e. The van der Waals surface area contributed by atoms with Gasteiger partial charge in [-0.05, 0) is 29.7 Å². The number of aliphatic hydroxyl groups excluding tert-OH is 1. The lowest BCUT2D eigenvalue weighted by Gasteiger charge is -2.17. The smallest absolute Gasteiger partial charge is 0.140 e.